The van der Waals surface area contributed by atoms with E-state index in [1.807, 2.05) is 0 Å². The number of carboxylic acid groups (broad SMARTS) is 1. The molecule has 0 radical (unpaired) electrons. The largest absolute Gasteiger partial charge is 0.464 e. The van der Waals surface area contributed by atoms with Gasteiger partial charge in [-0.3, -0.25) is 4.79 Å². The van der Waals surface area contributed by atoms with E-state index < -0.39 is 11.7 Å². The minimum Gasteiger partial charge on any atom is -0.464 e. The van der Waals surface area contributed by atoms with Crippen LogP contribution in [0.3, 0.4) is 0 Å². The third-order valence-corrected chi connectivity index (χ3v) is 1.96. The highest BCUT2D eigenvalue weighted by Crippen LogP contribution is 1.98. The van der Waals surface area contributed by atoms with Crippen molar-refractivity contribution in [3.63, 3.8) is 0 Å². The van der Waals surface area contributed by atoms with Crippen molar-refractivity contribution in [2.24, 2.45) is 0 Å². The Morgan fingerprint density at radius 1 is 1.64 bits per heavy atom. The number of imidazole rings is 1. The highest BCUT2D eigenvalue weighted by molar-refractivity contribution is 7.71. The summed E-state index contributed by atoms with van der Waals surface area (Å²) in [4.78, 5) is 30.9. The molecule has 0 aliphatic heterocycles. The molecule has 0 saturated carbocycles. The van der Waals surface area contributed by atoms with Crippen LogP contribution in [-0.4, -0.2) is 30.7 Å². The van der Waals surface area contributed by atoms with Crippen LogP contribution in [0.15, 0.2) is 11.1 Å². The highest BCUT2D eigenvalue weighted by Gasteiger charge is 2.11. The number of nitrogens with zero attached hydrogens (tertiary/aromatic N) is 2. The molecule has 0 amide bonds. The third kappa shape index (κ3) is 1.04. The van der Waals surface area contributed by atoms with Crippen molar-refractivity contribution in [3.8, 4) is 0 Å². The van der Waals surface area contributed by atoms with E-state index >= 15 is 0 Å². The number of hydrogen-bond acceptors (Lipinski definition) is 4. The van der Waals surface area contributed by atoms with Crippen molar-refractivity contribution in [2.45, 2.75) is 0 Å². The number of carbonyl (C=O) groups is 1. The smallest absolute Gasteiger partial charge is 0.420 e. The lowest BCUT2D eigenvalue weighted by atomic mass is 10.5. The van der Waals surface area contributed by atoms with E-state index in [2.05, 4.69) is 27.2 Å². The number of rotatable bonds is 0. The first-order valence-electron chi connectivity index (χ1n) is 3.53. The molecule has 2 aromatic heterocycles. The average Bonchev–Trinajstić information content (AvgIpc) is 2.50. The van der Waals surface area contributed by atoms with Crippen molar-refractivity contribution in [2.75, 3.05) is 0 Å². The molecule has 0 bridgehead atoms. The first-order chi connectivity index (χ1) is 6.61. The summed E-state index contributed by atoms with van der Waals surface area (Å²) in [5, 5.41) is 8.69. The van der Waals surface area contributed by atoms with E-state index in [-0.39, 0.29) is 15.9 Å². The van der Waals surface area contributed by atoms with Gasteiger partial charge in [-0.2, -0.15) is 4.57 Å². The third-order valence-electron chi connectivity index (χ3n) is 1.68. The Labute approximate surface area is 81.0 Å². The Morgan fingerprint density at radius 3 is 3.00 bits per heavy atom. The molecule has 0 unspecified atom stereocenters. The van der Waals surface area contributed by atoms with Crippen LogP contribution in [-0.2, 0) is 0 Å². The first-order valence-corrected chi connectivity index (χ1v) is 3.94. The number of aromatic amines is 2. The molecular weight excluding hydrogens is 208 g/mol. The molecule has 0 aromatic carbocycles. The Balaban J connectivity index is 3.05. The second kappa shape index (κ2) is 2.77. The van der Waals surface area contributed by atoms with Gasteiger partial charge >= 0.3 is 6.09 Å². The van der Waals surface area contributed by atoms with Gasteiger partial charge in [-0.05, 0) is 12.2 Å². The first kappa shape index (κ1) is 8.63. The van der Waals surface area contributed by atoms with Crippen LogP contribution in [0.4, 0.5) is 4.79 Å². The summed E-state index contributed by atoms with van der Waals surface area (Å²) in [6, 6.07) is 0. The Bertz CT molecular complexity index is 622. The standard InChI is InChI=1S/C6H4N4O3S/c11-4-2-3(8-1-7-2)9-5(14)10(4)6(12)13/h1H,(H,7,8)(H,9,14)(H,12,13). The molecule has 2 heterocycles. The van der Waals surface area contributed by atoms with Gasteiger partial charge in [-0.1, -0.05) is 0 Å². The average molecular weight is 212 g/mol. The number of hydrogen-bond donors (Lipinski definition) is 3. The summed E-state index contributed by atoms with van der Waals surface area (Å²) >= 11 is 4.68. The van der Waals surface area contributed by atoms with Crippen LogP contribution >= 0.6 is 12.2 Å². The van der Waals surface area contributed by atoms with E-state index in [9.17, 15) is 9.59 Å². The lowest BCUT2D eigenvalue weighted by Crippen LogP contribution is -2.27. The second-order valence-electron chi connectivity index (χ2n) is 2.48. The quantitative estimate of drug-likeness (QED) is 0.545. The highest BCUT2D eigenvalue weighted by atomic mass is 32.1. The van der Waals surface area contributed by atoms with E-state index in [1.165, 1.54) is 6.33 Å². The predicted molar refractivity (Wildman–Crippen MR) is 49.0 cm³/mol. The van der Waals surface area contributed by atoms with Gasteiger partial charge < -0.3 is 15.1 Å². The van der Waals surface area contributed by atoms with Crippen LogP contribution in [0.5, 0.6) is 0 Å². The summed E-state index contributed by atoms with van der Waals surface area (Å²) in [6.07, 6.45) is -0.142. The molecule has 2 aromatic rings. The molecule has 0 saturated heterocycles. The molecule has 0 fully saturated rings. The van der Waals surface area contributed by atoms with Crippen LogP contribution in [0, 0.1) is 4.77 Å². The SMILES string of the molecule is O=C(O)n1c(=S)[nH]c2nc[nH]c2c1=O. The number of H-pyrrole nitrogens is 2. The summed E-state index contributed by atoms with van der Waals surface area (Å²) < 4.78 is 0.248. The number of aromatic nitrogens is 4. The summed E-state index contributed by atoms with van der Waals surface area (Å²) in [7, 11) is 0. The van der Waals surface area contributed by atoms with E-state index in [1.54, 1.807) is 0 Å². The second-order valence-corrected chi connectivity index (χ2v) is 2.87. The molecule has 2 rings (SSSR count). The molecule has 3 N–H and O–H groups in total. The van der Waals surface area contributed by atoms with Crippen LogP contribution < -0.4 is 5.56 Å². The number of fused-ring (bicyclic) bond motifs is 1. The maximum absolute atomic E-state index is 11.5. The molecular formula is C6H4N4O3S. The van der Waals surface area contributed by atoms with Crippen LogP contribution in [0.25, 0.3) is 11.2 Å². The van der Waals surface area contributed by atoms with Crippen molar-refractivity contribution in [3.05, 3.63) is 21.5 Å². The maximum Gasteiger partial charge on any atom is 0.420 e. The summed E-state index contributed by atoms with van der Waals surface area (Å²) in [5.74, 6) is 0. The normalized spacial score (nSPS) is 10.6. The van der Waals surface area contributed by atoms with Gasteiger partial charge in [0.05, 0.1) is 6.33 Å². The van der Waals surface area contributed by atoms with E-state index in [4.69, 9.17) is 5.11 Å². The zero-order valence-corrected chi connectivity index (χ0v) is 7.46. The van der Waals surface area contributed by atoms with Crippen LogP contribution in [0.2, 0.25) is 0 Å². The molecule has 0 aliphatic rings. The van der Waals surface area contributed by atoms with Gasteiger partial charge in [0.1, 0.15) is 5.52 Å². The zero-order valence-electron chi connectivity index (χ0n) is 6.64. The van der Waals surface area contributed by atoms with Gasteiger partial charge in [0, 0.05) is 0 Å². The van der Waals surface area contributed by atoms with Crippen LogP contribution in [0.1, 0.15) is 0 Å². The van der Waals surface area contributed by atoms with E-state index in [0.29, 0.717) is 4.57 Å². The van der Waals surface area contributed by atoms with Gasteiger partial charge in [0.15, 0.2) is 10.4 Å². The fourth-order valence-corrected chi connectivity index (χ4v) is 1.34. The molecule has 7 nitrogen and oxygen atoms in total. The predicted octanol–water partition coefficient (Wildman–Crippen LogP) is 0.308. The molecule has 0 atom stereocenters. The maximum atomic E-state index is 11.5. The Kier molecular flexibility index (Phi) is 1.71. The molecule has 0 aliphatic carbocycles. The van der Waals surface area contributed by atoms with Gasteiger partial charge in [-0.25, -0.2) is 9.78 Å². The van der Waals surface area contributed by atoms with Crippen molar-refractivity contribution < 1.29 is 9.90 Å². The Hall–Kier alpha value is -1.96. The lowest BCUT2D eigenvalue weighted by Gasteiger charge is -1.97. The van der Waals surface area contributed by atoms with Gasteiger partial charge in [0.25, 0.3) is 5.56 Å². The Morgan fingerprint density at radius 2 is 2.36 bits per heavy atom. The van der Waals surface area contributed by atoms with Crippen molar-refractivity contribution in [1.29, 1.82) is 0 Å². The molecule has 72 valence electrons. The lowest BCUT2D eigenvalue weighted by molar-refractivity contribution is 0.194. The topological polar surface area (TPSA) is 104 Å². The summed E-state index contributed by atoms with van der Waals surface area (Å²) in [5.41, 5.74) is -0.396. The fraction of sp³-hybridized carbons (Fsp3) is 0. The summed E-state index contributed by atoms with van der Waals surface area (Å²) in [6.45, 7) is 0. The zero-order chi connectivity index (χ0) is 10.3. The van der Waals surface area contributed by atoms with Gasteiger partial charge in [-0.15, -0.1) is 0 Å². The minimum absolute atomic E-state index is 0.0843. The monoisotopic (exact) mass is 212 g/mol. The molecule has 8 heteroatoms. The number of nitrogens with one attached hydrogen (secondary N) is 2. The fourth-order valence-electron chi connectivity index (χ4n) is 1.09. The van der Waals surface area contributed by atoms with Gasteiger partial charge in [0.2, 0.25) is 0 Å². The molecule has 0 spiro atoms. The van der Waals surface area contributed by atoms with Crippen molar-refractivity contribution >= 4 is 29.5 Å². The van der Waals surface area contributed by atoms with E-state index in [0.717, 1.165) is 0 Å². The minimum atomic E-state index is -1.42. The van der Waals surface area contributed by atoms with Crippen molar-refractivity contribution in [1.82, 2.24) is 19.5 Å². The molecule has 14 heavy (non-hydrogen) atoms.